The Morgan fingerprint density at radius 3 is 2.12 bits per heavy atom. The van der Waals surface area contributed by atoms with Crippen molar-refractivity contribution >= 4 is 29.3 Å². The molecule has 0 bridgehead atoms. The van der Waals surface area contributed by atoms with Crippen LogP contribution in [0.5, 0.6) is 0 Å². The van der Waals surface area contributed by atoms with Crippen LogP contribution in [0.2, 0.25) is 0 Å². The number of anilines is 2. The minimum absolute atomic E-state index is 0.145. The standard InChI is InChI=1S/C17H25N3O4/c1-12(21)19-14-6-8-15(9-7-14)20(13(2)22)11-10-18-16(23)24-17(3,4)5/h6-9H,10-11H2,1-5H3,(H,18,23)(H,19,21). The molecule has 7 nitrogen and oxygen atoms in total. The zero-order valence-electron chi connectivity index (χ0n) is 14.8. The molecule has 24 heavy (non-hydrogen) atoms. The number of carbonyl (C=O) groups is 3. The largest absolute Gasteiger partial charge is 0.444 e. The van der Waals surface area contributed by atoms with Crippen molar-refractivity contribution in [3.05, 3.63) is 24.3 Å². The second-order valence-corrected chi connectivity index (χ2v) is 6.33. The molecule has 0 aromatic heterocycles. The van der Waals surface area contributed by atoms with Gasteiger partial charge in [0.15, 0.2) is 0 Å². The van der Waals surface area contributed by atoms with Gasteiger partial charge in [0.1, 0.15) is 5.60 Å². The molecular formula is C17H25N3O4. The second kappa shape index (κ2) is 8.33. The van der Waals surface area contributed by atoms with E-state index < -0.39 is 11.7 Å². The third-order valence-electron chi connectivity index (χ3n) is 2.88. The van der Waals surface area contributed by atoms with E-state index in [4.69, 9.17) is 4.74 Å². The molecule has 0 fully saturated rings. The molecule has 0 saturated carbocycles. The van der Waals surface area contributed by atoms with Crippen LogP contribution in [0.25, 0.3) is 0 Å². The summed E-state index contributed by atoms with van der Waals surface area (Å²) in [6.07, 6.45) is -0.521. The average Bonchev–Trinajstić information content (AvgIpc) is 2.42. The zero-order chi connectivity index (χ0) is 18.3. The van der Waals surface area contributed by atoms with Gasteiger partial charge in [-0.25, -0.2) is 4.79 Å². The van der Waals surface area contributed by atoms with Crippen LogP contribution in [0, 0.1) is 0 Å². The molecule has 0 unspecified atom stereocenters. The van der Waals surface area contributed by atoms with Gasteiger partial charge in [0.2, 0.25) is 11.8 Å². The Labute approximate surface area is 142 Å². The molecule has 3 amide bonds. The number of hydrogen-bond acceptors (Lipinski definition) is 4. The summed E-state index contributed by atoms with van der Waals surface area (Å²) in [7, 11) is 0. The van der Waals surface area contributed by atoms with Crippen molar-refractivity contribution in [1.82, 2.24) is 5.32 Å². The molecule has 132 valence electrons. The normalized spacial score (nSPS) is 10.7. The molecule has 0 aliphatic heterocycles. The van der Waals surface area contributed by atoms with Crippen molar-refractivity contribution < 1.29 is 19.1 Å². The van der Waals surface area contributed by atoms with Gasteiger partial charge in [-0.2, -0.15) is 0 Å². The maximum atomic E-state index is 11.8. The molecule has 0 spiro atoms. The van der Waals surface area contributed by atoms with Gasteiger partial charge in [0.25, 0.3) is 0 Å². The average molecular weight is 335 g/mol. The zero-order valence-corrected chi connectivity index (χ0v) is 14.8. The molecule has 0 aliphatic rings. The molecule has 0 atom stereocenters. The summed E-state index contributed by atoms with van der Waals surface area (Å²) in [5, 5.41) is 5.28. The van der Waals surface area contributed by atoms with Crippen molar-refractivity contribution in [2.45, 2.75) is 40.2 Å². The van der Waals surface area contributed by atoms with Crippen LogP contribution in [-0.2, 0) is 14.3 Å². The van der Waals surface area contributed by atoms with Crippen molar-refractivity contribution in [2.24, 2.45) is 0 Å². The van der Waals surface area contributed by atoms with Gasteiger partial charge >= 0.3 is 6.09 Å². The first-order valence-corrected chi connectivity index (χ1v) is 7.71. The van der Waals surface area contributed by atoms with Crippen LogP contribution in [0.1, 0.15) is 34.6 Å². The summed E-state index contributed by atoms with van der Waals surface area (Å²) >= 11 is 0. The number of alkyl carbamates (subject to hydrolysis) is 1. The number of amides is 3. The summed E-state index contributed by atoms with van der Waals surface area (Å²) in [6.45, 7) is 8.81. The lowest BCUT2D eigenvalue weighted by molar-refractivity contribution is -0.116. The Bertz CT molecular complexity index is 591. The summed E-state index contributed by atoms with van der Waals surface area (Å²) in [4.78, 5) is 36.0. The van der Waals surface area contributed by atoms with Crippen molar-refractivity contribution in [2.75, 3.05) is 23.3 Å². The number of hydrogen-bond donors (Lipinski definition) is 2. The third-order valence-corrected chi connectivity index (χ3v) is 2.88. The fraction of sp³-hybridized carbons (Fsp3) is 0.471. The maximum Gasteiger partial charge on any atom is 0.407 e. The van der Waals surface area contributed by atoms with Gasteiger partial charge in [-0.15, -0.1) is 0 Å². The Balaban J connectivity index is 2.63. The van der Waals surface area contributed by atoms with E-state index in [2.05, 4.69) is 10.6 Å². The number of ether oxygens (including phenoxy) is 1. The Kier molecular flexibility index (Phi) is 6.76. The van der Waals surface area contributed by atoms with E-state index in [1.165, 1.54) is 18.7 Å². The fourth-order valence-electron chi connectivity index (χ4n) is 1.98. The minimum Gasteiger partial charge on any atom is -0.444 e. The van der Waals surface area contributed by atoms with Gasteiger partial charge in [-0.1, -0.05) is 0 Å². The number of nitrogens with zero attached hydrogens (tertiary/aromatic N) is 1. The lowest BCUT2D eigenvalue weighted by Gasteiger charge is -2.23. The summed E-state index contributed by atoms with van der Waals surface area (Å²) in [6, 6.07) is 6.90. The topological polar surface area (TPSA) is 87.7 Å². The fourth-order valence-corrected chi connectivity index (χ4v) is 1.98. The molecule has 0 heterocycles. The van der Waals surface area contributed by atoms with E-state index in [1.54, 1.807) is 45.0 Å². The van der Waals surface area contributed by atoms with Crippen molar-refractivity contribution in [3.63, 3.8) is 0 Å². The first kappa shape index (κ1) is 19.5. The molecular weight excluding hydrogens is 310 g/mol. The lowest BCUT2D eigenvalue weighted by atomic mass is 10.2. The van der Waals surface area contributed by atoms with Gasteiger partial charge in [-0.3, -0.25) is 9.59 Å². The summed E-state index contributed by atoms with van der Waals surface area (Å²) < 4.78 is 5.14. The van der Waals surface area contributed by atoms with E-state index in [9.17, 15) is 14.4 Å². The maximum absolute atomic E-state index is 11.8. The van der Waals surface area contributed by atoms with Gasteiger partial charge < -0.3 is 20.3 Å². The van der Waals surface area contributed by atoms with Crippen LogP contribution >= 0.6 is 0 Å². The van der Waals surface area contributed by atoms with Crippen LogP contribution in [0.15, 0.2) is 24.3 Å². The second-order valence-electron chi connectivity index (χ2n) is 6.33. The van der Waals surface area contributed by atoms with E-state index in [0.717, 1.165) is 0 Å². The lowest BCUT2D eigenvalue weighted by Crippen LogP contribution is -2.39. The molecule has 7 heteroatoms. The van der Waals surface area contributed by atoms with Crippen molar-refractivity contribution in [1.29, 1.82) is 0 Å². The van der Waals surface area contributed by atoms with Gasteiger partial charge in [0, 0.05) is 38.3 Å². The van der Waals surface area contributed by atoms with Crippen LogP contribution in [0.3, 0.4) is 0 Å². The van der Waals surface area contributed by atoms with Gasteiger partial charge in [0.05, 0.1) is 0 Å². The minimum atomic E-state index is -0.566. The number of nitrogens with one attached hydrogen (secondary N) is 2. The summed E-state index contributed by atoms with van der Waals surface area (Å²) in [5.74, 6) is -0.305. The quantitative estimate of drug-likeness (QED) is 0.865. The number of rotatable bonds is 5. The highest BCUT2D eigenvalue weighted by Crippen LogP contribution is 2.18. The Hall–Kier alpha value is -2.57. The Morgan fingerprint density at radius 2 is 1.67 bits per heavy atom. The highest BCUT2D eigenvalue weighted by atomic mass is 16.6. The van der Waals surface area contributed by atoms with Crippen LogP contribution in [0.4, 0.5) is 16.2 Å². The molecule has 1 rings (SSSR count). The summed E-state index contributed by atoms with van der Waals surface area (Å²) in [5.41, 5.74) is 0.772. The highest BCUT2D eigenvalue weighted by Gasteiger charge is 2.17. The smallest absolute Gasteiger partial charge is 0.407 e. The third kappa shape index (κ3) is 7.13. The molecule has 0 aliphatic carbocycles. The highest BCUT2D eigenvalue weighted by molar-refractivity contribution is 5.92. The molecule has 0 radical (unpaired) electrons. The first-order valence-electron chi connectivity index (χ1n) is 7.71. The first-order chi connectivity index (χ1) is 11.1. The van der Waals surface area contributed by atoms with E-state index in [1.807, 2.05) is 0 Å². The molecule has 2 N–H and O–H groups in total. The predicted molar refractivity (Wildman–Crippen MR) is 93.0 cm³/mol. The van der Waals surface area contributed by atoms with Crippen LogP contribution in [-0.4, -0.2) is 36.6 Å². The monoisotopic (exact) mass is 335 g/mol. The Morgan fingerprint density at radius 1 is 1.08 bits per heavy atom. The predicted octanol–water partition coefficient (Wildman–Crippen LogP) is 2.52. The molecule has 1 aromatic carbocycles. The van der Waals surface area contributed by atoms with E-state index in [-0.39, 0.29) is 18.4 Å². The molecule has 0 saturated heterocycles. The molecule has 1 aromatic rings. The van der Waals surface area contributed by atoms with Crippen molar-refractivity contribution in [3.8, 4) is 0 Å². The van der Waals surface area contributed by atoms with E-state index >= 15 is 0 Å². The van der Waals surface area contributed by atoms with E-state index in [0.29, 0.717) is 17.9 Å². The number of carbonyl (C=O) groups excluding carboxylic acids is 3. The number of benzene rings is 1. The van der Waals surface area contributed by atoms with Gasteiger partial charge in [-0.05, 0) is 45.0 Å². The SMILES string of the molecule is CC(=O)Nc1ccc(N(CCNC(=O)OC(C)(C)C)C(C)=O)cc1. The van der Waals surface area contributed by atoms with Crippen LogP contribution < -0.4 is 15.5 Å².